The third-order valence-electron chi connectivity index (χ3n) is 2.99. The fraction of sp³-hybridized carbons (Fsp3) is 0.385. The summed E-state index contributed by atoms with van der Waals surface area (Å²) in [6, 6.07) is 6.70. The van der Waals surface area contributed by atoms with Gasteiger partial charge in [0.25, 0.3) is 0 Å². The maximum absolute atomic E-state index is 5.53. The van der Waals surface area contributed by atoms with Crippen LogP contribution in [0.5, 0.6) is 0 Å². The maximum Gasteiger partial charge on any atom is 0.0483 e. The molecule has 0 unspecified atom stereocenters. The van der Waals surface area contributed by atoms with Gasteiger partial charge >= 0.3 is 0 Å². The zero-order chi connectivity index (χ0) is 10.8. The van der Waals surface area contributed by atoms with Crippen molar-refractivity contribution in [3.05, 3.63) is 35.5 Å². The predicted molar refractivity (Wildman–Crippen MR) is 65.1 cm³/mol. The molecule has 2 rings (SSSR count). The molecule has 2 aromatic rings. The Labute approximate surface area is 90.7 Å². The molecule has 0 saturated carbocycles. The van der Waals surface area contributed by atoms with Crippen LogP contribution in [0.2, 0.25) is 0 Å². The van der Waals surface area contributed by atoms with Crippen LogP contribution in [0.4, 0.5) is 0 Å². The SMILES string of the molecule is Cc1cc2ccn(CCCN)c2cc1C. The number of nitrogens with zero attached hydrogens (tertiary/aromatic N) is 1. The van der Waals surface area contributed by atoms with E-state index in [1.165, 1.54) is 22.0 Å². The standard InChI is InChI=1S/C13H18N2/c1-10-8-12-4-7-15(6-3-5-14)13(12)9-11(10)2/h4,7-9H,3,5-6,14H2,1-2H3. The molecule has 0 aliphatic heterocycles. The number of hydrogen-bond acceptors (Lipinski definition) is 1. The summed E-state index contributed by atoms with van der Waals surface area (Å²) in [6.45, 7) is 6.09. The first-order valence-electron chi connectivity index (χ1n) is 5.48. The number of hydrogen-bond donors (Lipinski definition) is 1. The van der Waals surface area contributed by atoms with Gasteiger partial charge in [0.15, 0.2) is 0 Å². The highest BCUT2D eigenvalue weighted by molar-refractivity contribution is 5.81. The van der Waals surface area contributed by atoms with Gasteiger partial charge in [0.05, 0.1) is 0 Å². The van der Waals surface area contributed by atoms with Crippen molar-refractivity contribution in [2.45, 2.75) is 26.8 Å². The lowest BCUT2D eigenvalue weighted by Gasteiger charge is -2.06. The molecule has 0 atom stereocenters. The first kappa shape index (κ1) is 10.2. The molecule has 0 saturated heterocycles. The first-order valence-corrected chi connectivity index (χ1v) is 5.48. The Balaban J connectivity index is 2.45. The van der Waals surface area contributed by atoms with Crippen molar-refractivity contribution < 1.29 is 0 Å². The maximum atomic E-state index is 5.53. The van der Waals surface area contributed by atoms with E-state index in [-0.39, 0.29) is 0 Å². The van der Waals surface area contributed by atoms with E-state index >= 15 is 0 Å². The zero-order valence-corrected chi connectivity index (χ0v) is 9.46. The Kier molecular flexibility index (Phi) is 2.78. The Morgan fingerprint density at radius 2 is 1.93 bits per heavy atom. The minimum Gasteiger partial charge on any atom is -0.347 e. The van der Waals surface area contributed by atoms with Gasteiger partial charge in [0, 0.05) is 18.3 Å². The molecule has 1 aromatic carbocycles. The highest BCUT2D eigenvalue weighted by atomic mass is 14.9. The Bertz CT molecular complexity index is 469. The third kappa shape index (κ3) is 1.90. The molecule has 2 nitrogen and oxygen atoms in total. The topological polar surface area (TPSA) is 30.9 Å². The summed E-state index contributed by atoms with van der Waals surface area (Å²) < 4.78 is 2.29. The molecule has 0 bridgehead atoms. The van der Waals surface area contributed by atoms with Crippen LogP contribution < -0.4 is 5.73 Å². The molecule has 0 radical (unpaired) electrons. The van der Waals surface area contributed by atoms with E-state index in [0.717, 1.165) is 19.5 Å². The summed E-state index contributed by atoms with van der Waals surface area (Å²) in [4.78, 5) is 0. The molecule has 2 N–H and O–H groups in total. The van der Waals surface area contributed by atoms with Crippen LogP contribution in [0.3, 0.4) is 0 Å². The molecule has 15 heavy (non-hydrogen) atoms. The normalized spacial score (nSPS) is 11.1. The summed E-state index contributed by atoms with van der Waals surface area (Å²) in [7, 11) is 0. The summed E-state index contributed by atoms with van der Waals surface area (Å²) >= 11 is 0. The fourth-order valence-corrected chi connectivity index (χ4v) is 1.91. The van der Waals surface area contributed by atoms with E-state index in [2.05, 4.69) is 42.8 Å². The largest absolute Gasteiger partial charge is 0.347 e. The summed E-state index contributed by atoms with van der Waals surface area (Å²) in [5.74, 6) is 0. The Hall–Kier alpha value is -1.28. The third-order valence-corrected chi connectivity index (χ3v) is 2.99. The van der Waals surface area contributed by atoms with Crippen molar-refractivity contribution >= 4 is 10.9 Å². The van der Waals surface area contributed by atoms with Crippen molar-refractivity contribution in [1.29, 1.82) is 0 Å². The number of aryl methyl sites for hydroxylation is 3. The summed E-state index contributed by atoms with van der Waals surface area (Å²) in [6.07, 6.45) is 3.19. The zero-order valence-electron chi connectivity index (χ0n) is 9.46. The number of fused-ring (bicyclic) bond motifs is 1. The molecule has 1 aromatic heterocycles. The lowest BCUT2D eigenvalue weighted by Crippen LogP contribution is -2.04. The highest BCUT2D eigenvalue weighted by Gasteiger charge is 2.02. The predicted octanol–water partition coefficient (Wildman–Crippen LogP) is 2.61. The molecule has 0 aliphatic carbocycles. The number of aromatic nitrogens is 1. The molecule has 0 fully saturated rings. The first-order chi connectivity index (χ1) is 7.22. The van der Waals surface area contributed by atoms with Crippen molar-refractivity contribution in [2.75, 3.05) is 6.54 Å². The second-order valence-electron chi connectivity index (χ2n) is 4.15. The van der Waals surface area contributed by atoms with E-state index in [0.29, 0.717) is 0 Å². The molecule has 1 heterocycles. The molecule has 2 heteroatoms. The molecule has 0 spiro atoms. The fourth-order valence-electron chi connectivity index (χ4n) is 1.91. The lowest BCUT2D eigenvalue weighted by molar-refractivity contribution is 0.670. The van der Waals surface area contributed by atoms with E-state index < -0.39 is 0 Å². The van der Waals surface area contributed by atoms with Gasteiger partial charge in [-0.15, -0.1) is 0 Å². The summed E-state index contributed by atoms with van der Waals surface area (Å²) in [5, 5.41) is 1.33. The van der Waals surface area contributed by atoms with E-state index in [9.17, 15) is 0 Å². The van der Waals surface area contributed by atoms with Gasteiger partial charge in [-0.1, -0.05) is 0 Å². The van der Waals surface area contributed by atoms with E-state index in [1.807, 2.05) is 0 Å². The van der Waals surface area contributed by atoms with Gasteiger partial charge in [-0.3, -0.25) is 0 Å². The van der Waals surface area contributed by atoms with Crippen molar-refractivity contribution in [3.63, 3.8) is 0 Å². The Morgan fingerprint density at radius 1 is 1.20 bits per heavy atom. The second-order valence-corrected chi connectivity index (χ2v) is 4.15. The molecule has 0 amide bonds. The van der Waals surface area contributed by atoms with Gasteiger partial charge < -0.3 is 10.3 Å². The molecule has 0 aliphatic rings. The average molecular weight is 202 g/mol. The molecule has 80 valence electrons. The monoisotopic (exact) mass is 202 g/mol. The van der Waals surface area contributed by atoms with Crippen molar-refractivity contribution in [2.24, 2.45) is 5.73 Å². The van der Waals surface area contributed by atoms with Crippen LogP contribution in [0, 0.1) is 13.8 Å². The van der Waals surface area contributed by atoms with Crippen LogP contribution in [0.25, 0.3) is 10.9 Å². The number of benzene rings is 1. The van der Waals surface area contributed by atoms with Gasteiger partial charge in [-0.2, -0.15) is 0 Å². The van der Waals surface area contributed by atoms with E-state index in [4.69, 9.17) is 5.73 Å². The highest BCUT2D eigenvalue weighted by Crippen LogP contribution is 2.20. The van der Waals surface area contributed by atoms with Crippen molar-refractivity contribution in [1.82, 2.24) is 4.57 Å². The average Bonchev–Trinajstić information content (AvgIpc) is 2.59. The second kappa shape index (κ2) is 4.07. The van der Waals surface area contributed by atoms with Gasteiger partial charge in [0.1, 0.15) is 0 Å². The summed E-state index contributed by atoms with van der Waals surface area (Å²) in [5.41, 5.74) is 9.57. The van der Waals surface area contributed by atoms with Gasteiger partial charge in [0.2, 0.25) is 0 Å². The van der Waals surface area contributed by atoms with Gasteiger partial charge in [-0.25, -0.2) is 0 Å². The number of nitrogens with two attached hydrogens (primary N) is 1. The van der Waals surface area contributed by atoms with Crippen LogP contribution in [0.15, 0.2) is 24.4 Å². The smallest absolute Gasteiger partial charge is 0.0483 e. The van der Waals surface area contributed by atoms with Crippen LogP contribution in [-0.2, 0) is 6.54 Å². The van der Waals surface area contributed by atoms with Crippen LogP contribution in [-0.4, -0.2) is 11.1 Å². The van der Waals surface area contributed by atoms with Crippen LogP contribution in [0.1, 0.15) is 17.5 Å². The quantitative estimate of drug-likeness (QED) is 0.815. The number of rotatable bonds is 3. The molecular formula is C13H18N2. The van der Waals surface area contributed by atoms with Crippen LogP contribution >= 0.6 is 0 Å². The minimum atomic E-state index is 0.754. The Morgan fingerprint density at radius 3 is 2.67 bits per heavy atom. The lowest BCUT2D eigenvalue weighted by atomic mass is 10.1. The minimum absolute atomic E-state index is 0.754. The molecular weight excluding hydrogens is 184 g/mol. The van der Waals surface area contributed by atoms with E-state index in [1.54, 1.807) is 0 Å². The van der Waals surface area contributed by atoms with Crippen molar-refractivity contribution in [3.8, 4) is 0 Å². The van der Waals surface area contributed by atoms with Gasteiger partial charge in [-0.05, 0) is 61.5 Å².